The molecule has 0 fully saturated rings. The third-order valence-corrected chi connectivity index (χ3v) is 2.85. The Morgan fingerprint density at radius 1 is 0.765 bits per heavy atom. The van der Waals surface area contributed by atoms with Gasteiger partial charge in [0.05, 0.1) is 0 Å². The molecule has 0 bridgehead atoms. The summed E-state index contributed by atoms with van der Waals surface area (Å²) in [5, 5.41) is 0. The van der Waals surface area contributed by atoms with E-state index >= 15 is 0 Å². The second-order valence-corrected chi connectivity index (χ2v) is 6.34. The quantitative estimate of drug-likeness (QED) is 0.751. The van der Waals surface area contributed by atoms with Crippen molar-refractivity contribution in [2.75, 3.05) is 28.2 Å². The molecule has 0 aromatic rings. The fourth-order valence-corrected chi connectivity index (χ4v) is 2.47. The minimum absolute atomic E-state index is 0.0529. The van der Waals surface area contributed by atoms with Crippen molar-refractivity contribution in [1.29, 1.82) is 0 Å². The van der Waals surface area contributed by atoms with Gasteiger partial charge >= 0.3 is 0 Å². The van der Waals surface area contributed by atoms with Crippen LogP contribution in [0.25, 0.3) is 0 Å². The van der Waals surface area contributed by atoms with Crippen LogP contribution in [-0.2, 0) is 9.59 Å². The van der Waals surface area contributed by atoms with Gasteiger partial charge in [0.1, 0.15) is 0 Å². The van der Waals surface area contributed by atoms with Gasteiger partial charge < -0.3 is 9.80 Å². The first-order chi connectivity index (χ1) is 7.42. The lowest BCUT2D eigenvalue weighted by Gasteiger charge is -2.35. The van der Waals surface area contributed by atoms with Crippen LogP contribution in [0.15, 0.2) is 0 Å². The molecule has 0 spiro atoms. The van der Waals surface area contributed by atoms with Gasteiger partial charge in [-0.1, -0.05) is 27.7 Å². The lowest BCUT2D eigenvalue weighted by molar-refractivity contribution is -0.144. The van der Waals surface area contributed by atoms with Gasteiger partial charge in [-0.2, -0.15) is 0 Å². The molecule has 0 aliphatic rings. The van der Waals surface area contributed by atoms with Crippen molar-refractivity contribution in [2.45, 2.75) is 34.1 Å². The summed E-state index contributed by atoms with van der Waals surface area (Å²) in [6.45, 7) is 7.56. The zero-order valence-corrected chi connectivity index (χ0v) is 12.4. The summed E-state index contributed by atoms with van der Waals surface area (Å²) in [5.41, 5.74) is -1.06. The van der Waals surface area contributed by atoms with E-state index in [1.165, 1.54) is 0 Å². The first kappa shape index (κ1) is 15.9. The molecule has 0 saturated heterocycles. The average Bonchev–Trinajstić information content (AvgIpc) is 2.13. The van der Waals surface area contributed by atoms with Crippen molar-refractivity contribution >= 4 is 11.8 Å². The Balaban J connectivity index is 4.94. The van der Waals surface area contributed by atoms with Gasteiger partial charge in [0.15, 0.2) is 0 Å². The molecule has 0 radical (unpaired) electrons. The number of rotatable bonds is 4. The second-order valence-electron chi connectivity index (χ2n) is 6.34. The van der Waals surface area contributed by atoms with E-state index in [1.54, 1.807) is 38.0 Å². The second kappa shape index (κ2) is 5.07. The van der Waals surface area contributed by atoms with E-state index in [2.05, 4.69) is 0 Å². The molecule has 2 amide bonds. The first-order valence-electron chi connectivity index (χ1n) is 5.85. The molecule has 0 N–H and O–H groups in total. The van der Waals surface area contributed by atoms with Crippen molar-refractivity contribution < 1.29 is 9.59 Å². The van der Waals surface area contributed by atoms with E-state index in [0.717, 1.165) is 0 Å². The van der Waals surface area contributed by atoms with Gasteiger partial charge in [-0.05, 0) is 6.42 Å². The Bertz CT molecular complexity index is 275. The maximum Gasteiger partial charge on any atom is 0.227 e. The third-order valence-electron chi connectivity index (χ3n) is 2.85. The smallest absolute Gasteiger partial charge is 0.227 e. The molecule has 0 unspecified atom stereocenters. The maximum atomic E-state index is 12.0. The van der Waals surface area contributed by atoms with Crippen LogP contribution in [0.2, 0.25) is 0 Å². The van der Waals surface area contributed by atoms with Crippen LogP contribution in [0.1, 0.15) is 34.1 Å². The van der Waals surface area contributed by atoms with Gasteiger partial charge in [-0.3, -0.25) is 9.59 Å². The van der Waals surface area contributed by atoms with E-state index in [-0.39, 0.29) is 11.8 Å². The summed E-state index contributed by atoms with van der Waals surface area (Å²) < 4.78 is 0. The molecule has 0 aromatic carbocycles. The van der Waals surface area contributed by atoms with Crippen LogP contribution in [0.3, 0.4) is 0 Å². The van der Waals surface area contributed by atoms with Gasteiger partial charge in [0, 0.05) is 39.0 Å². The summed E-state index contributed by atoms with van der Waals surface area (Å²) in [5.74, 6) is 0.106. The SMILES string of the molecule is CN(C)C(=O)C(C)(C)CC(C)(C)C(=O)N(C)C. The van der Waals surface area contributed by atoms with Crippen LogP contribution in [0.4, 0.5) is 0 Å². The monoisotopic (exact) mass is 242 g/mol. The van der Waals surface area contributed by atoms with E-state index in [0.29, 0.717) is 6.42 Å². The van der Waals surface area contributed by atoms with Gasteiger partial charge in [0.2, 0.25) is 11.8 Å². The molecule has 0 atom stereocenters. The normalized spacial score (nSPS) is 12.2. The van der Waals surface area contributed by atoms with Crippen LogP contribution in [-0.4, -0.2) is 49.8 Å². The van der Waals surface area contributed by atoms with Crippen LogP contribution in [0, 0.1) is 10.8 Å². The fourth-order valence-electron chi connectivity index (χ4n) is 2.47. The summed E-state index contributed by atoms with van der Waals surface area (Å²) in [4.78, 5) is 27.2. The molecule has 0 aliphatic heterocycles. The van der Waals surface area contributed by atoms with Gasteiger partial charge in [-0.15, -0.1) is 0 Å². The highest BCUT2D eigenvalue weighted by atomic mass is 16.2. The highest BCUT2D eigenvalue weighted by Crippen LogP contribution is 2.35. The Morgan fingerprint density at radius 2 is 1.00 bits per heavy atom. The van der Waals surface area contributed by atoms with Gasteiger partial charge in [-0.25, -0.2) is 0 Å². The van der Waals surface area contributed by atoms with Crippen LogP contribution < -0.4 is 0 Å². The van der Waals surface area contributed by atoms with E-state index < -0.39 is 10.8 Å². The standard InChI is InChI=1S/C13H26N2O2/c1-12(2,10(16)14(5)6)9-13(3,4)11(17)15(7)8/h9H2,1-8H3. The summed E-state index contributed by atoms with van der Waals surface area (Å²) in [6, 6.07) is 0. The minimum atomic E-state index is -0.529. The number of carbonyl (C=O) groups is 2. The molecule has 4 heteroatoms. The van der Waals surface area contributed by atoms with E-state index in [9.17, 15) is 9.59 Å². The molecule has 0 rings (SSSR count). The Labute approximate surface area is 105 Å². The van der Waals surface area contributed by atoms with Gasteiger partial charge in [0.25, 0.3) is 0 Å². The Hall–Kier alpha value is -1.06. The highest BCUT2D eigenvalue weighted by Gasteiger charge is 2.40. The zero-order valence-electron chi connectivity index (χ0n) is 12.4. The first-order valence-corrected chi connectivity index (χ1v) is 5.85. The summed E-state index contributed by atoms with van der Waals surface area (Å²) in [6.07, 6.45) is 0.536. The largest absolute Gasteiger partial charge is 0.348 e. The Morgan fingerprint density at radius 3 is 1.18 bits per heavy atom. The Kier molecular flexibility index (Phi) is 4.75. The van der Waals surface area contributed by atoms with Crippen molar-refractivity contribution in [3.05, 3.63) is 0 Å². The number of nitrogens with zero attached hydrogens (tertiary/aromatic N) is 2. The molecule has 0 aromatic heterocycles. The summed E-state index contributed by atoms with van der Waals surface area (Å²) in [7, 11) is 6.96. The number of hydrogen-bond acceptors (Lipinski definition) is 2. The van der Waals surface area contributed by atoms with Crippen molar-refractivity contribution in [2.24, 2.45) is 10.8 Å². The molecule has 17 heavy (non-hydrogen) atoms. The average molecular weight is 242 g/mol. The number of carbonyl (C=O) groups excluding carboxylic acids is 2. The number of amides is 2. The molecule has 4 nitrogen and oxygen atoms in total. The van der Waals surface area contributed by atoms with Crippen molar-refractivity contribution in [1.82, 2.24) is 9.80 Å². The molecule has 0 heterocycles. The highest BCUT2D eigenvalue weighted by molar-refractivity contribution is 5.85. The lowest BCUT2D eigenvalue weighted by atomic mass is 9.73. The van der Waals surface area contributed by atoms with Crippen LogP contribution in [0.5, 0.6) is 0 Å². The maximum absolute atomic E-state index is 12.0. The fraction of sp³-hybridized carbons (Fsp3) is 0.846. The predicted molar refractivity (Wildman–Crippen MR) is 69.6 cm³/mol. The molecule has 0 saturated carbocycles. The number of hydrogen-bond donors (Lipinski definition) is 0. The van der Waals surface area contributed by atoms with Crippen LogP contribution >= 0.6 is 0 Å². The molecular formula is C13H26N2O2. The van der Waals surface area contributed by atoms with E-state index in [1.807, 2.05) is 27.7 Å². The minimum Gasteiger partial charge on any atom is -0.348 e. The van der Waals surface area contributed by atoms with Crippen molar-refractivity contribution in [3.63, 3.8) is 0 Å². The van der Waals surface area contributed by atoms with E-state index in [4.69, 9.17) is 0 Å². The lowest BCUT2D eigenvalue weighted by Crippen LogP contribution is -2.44. The molecule has 0 aliphatic carbocycles. The molecular weight excluding hydrogens is 216 g/mol. The summed E-state index contributed by atoms with van der Waals surface area (Å²) >= 11 is 0. The predicted octanol–water partition coefficient (Wildman–Crippen LogP) is 1.61. The topological polar surface area (TPSA) is 40.6 Å². The third kappa shape index (κ3) is 4.02. The zero-order chi connectivity index (χ0) is 14.0. The molecule has 100 valence electrons. The van der Waals surface area contributed by atoms with Crippen molar-refractivity contribution in [3.8, 4) is 0 Å².